The maximum atomic E-state index is 13.0. The highest BCUT2D eigenvalue weighted by atomic mass is 35.5. The third-order valence-corrected chi connectivity index (χ3v) is 8.71. The number of thioether (sulfide) groups is 1. The fourth-order valence-electron chi connectivity index (χ4n) is 5.42. The number of halogens is 2. The summed E-state index contributed by atoms with van der Waals surface area (Å²) in [5.41, 5.74) is 1.70. The van der Waals surface area contributed by atoms with Gasteiger partial charge in [-0.25, -0.2) is 4.79 Å². The molecule has 1 aromatic heterocycles. The first-order valence-corrected chi connectivity index (χ1v) is 14.2. The standard InChI is InChI=1S/C27H29Cl2N3O4S/c1-3-17(15-7-9-16(10-8-15)31-25(34)20-18(28)13-30-14-19(20)29)21(26(35)36)32-23-22(37-2)24(33)27(23)11-5-4-6-12-27/h7-10,13-14,17,21,32H,3-6,11-12H2,1-2H3,(H,31,34)(H,35,36)/t17?,21-/m0/s1. The van der Waals surface area contributed by atoms with Crippen LogP contribution in [0.5, 0.6) is 0 Å². The molecule has 2 aromatic rings. The van der Waals surface area contributed by atoms with E-state index in [1.54, 1.807) is 12.1 Å². The molecule has 2 aliphatic rings. The van der Waals surface area contributed by atoms with Crippen molar-refractivity contribution in [2.75, 3.05) is 11.6 Å². The van der Waals surface area contributed by atoms with Gasteiger partial charge in [0.2, 0.25) is 0 Å². The van der Waals surface area contributed by atoms with Gasteiger partial charge in [0.1, 0.15) is 6.04 Å². The number of hydrogen-bond acceptors (Lipinski definition) is 6. The predicted octanol–water partition coefficient (Wildman–Crippen LogP) is 6.28. The predicted molar refractivity (Wildman–Crippen MR) is 147 cm³/mol. The Labute approximate surface area is 230 Å². The molecule has 2 aliphatic carbocycles. The number of nitrogens with zero attached hydrogens (tertiary/aromatic N) is 1. The largest absolute Gasteiger partial charge is 0.480 e. The summed E-state index contributed by atoms with van der Waals surface area (Å²) in [5, 5.41) is 16.6. The lowest BCUT2D eigenvalue weighted by atomic mass is 9.62. The van der Waals surface area contributed by atoms with Gasteiger partial charge < -0.3 is 15.7 Å². The second-order valence-corrected chi connectivity index (χ2v) is 11.0. The number of carboxylic acid groups (broad SMARTS) is 1. The Morgan fingerprint density at radius 3 is 2.27 bits per heavy atom. The number of carbonyl (C=O) groups is 3. The molecule has 10 heteroatoms. The molecule has 0 aliphatic heterocycles. The van der Waals surface area contributed by atoms with Gasteiger partial charge in [0.25, 0.3) is 5.91 Å². The van der Waals surface area contributed by atoms with Crippen molar-refractivity contribution in [2.45, 2.75) is 57.4 Å². The summed E-state index contributed by atoms with van der Waals surface area (Å²) in [6.07, 6.45) is 9.69. The van der Waals surface area contributed by atoms with E-state index in [-0.39, 0.29) is 27.3 Å². The number of ketones is 1. The van der Waals surface area contributed by atoms with Crippen LogP contribution in [0.3, 0.4) is 0 Å². The molecule has 1 heterocycles. The Hall–Kier alpha value is -2.55. The SMILES string of the molecule is CCC(c1ccc(NC(=O)c2c(Cl)cncc2Cl)cc1)[C@H](NC1=C(SC)C(=O)C12CCCCC2)C(=O)O. The second kappa shape index (κ2) is 11.5. The Bertz CT molecular complexity index is 1220. The molecule has 0 saturated heterocycles. The van der Waals surface area contributed by atoms with Gasteiger partial charge in [-0.15, -0.1) is 11.8 Å². The van der Waals surface area contributed by atoms with Crippen molar-refractivity contribution in [3.8, 4) is 0 Å². The van der Waals surface area contributed by atoms with Crippen LogP contribution in [0.4, 0.5) is 5.69 Å². The van der Waals surface area contributed by atoms with Gasteiger partial charge >= 0.3 is 5.97 Å². The van der Waals surface area contributed by atoms with Gasteiger partial charge in [-0.2, -0.15) is 0 Å². The maximum Gasteiger partial charge on any atom is 0.326 e. The summed E-state index contributed by atoms with van der Waals surface area (Å²) in [6, 6.07) is 6.16. The lowest BCUT2D eigenvalue weighted by Gasteiger charge is -2.47. The maximum absolute atomic E-state index is 13.0. The molecule has 1 saturated carbocycles. The van der Waals surface area contributed by atoms with Gasteiger partial charge in [-0.05, 0) is 43.2 Å². The Morgan fingerprint density at radius 1 is 1.11 bits per heavy atom. The van der Waals surface area contributed by atoms with Crippen LogP contribution < -0.4 is 10.6 Å². The first kappa shape index (κ1) is 27.5. The van der Waals surface area contributed by atoms with E-state index in [1.165, 1.54) is 24.2 Å². The summed E-state index contributed by atoms with van der Waals surface area (Å²) in [4.78, 5) is 42.7. The van der Waals surface area contributed by atoms with Crippen molar-refractivity contribution in [1.29, 1.82) is 0 Å². The Kier molecular flexibility index (Phi) is 8.51. The van der Waals surface area contributed by atoms with E-state index in [1.807, 2.05) is 25.3 Å². The highest BCUT2D eigenvalue weighted by Crippen LogP contribution is 2.54. The first-order chi connectivity index (χ1) is 17.7. The van der Waals surface area contributed by atoms with E-state index in [4.69, 9.17) is 23.2 Å². The van der Waals surface area contributed by atoms with Gasteiger partial charge in [-0.1, -0.05) is 61.5 Å². The fraction of sp³-hybridized carbons (Fsp3) is 0.407. The number of Topliss-reactive ketones (excluding diaryl/α,β-unsaturated/α-hetero) is 1. The van der Waals surface area contributed by atoms with Gasteiger partial charge in [0.15, 0.2) is 5.78 Å². The minimum Gasteiger partial charge on any atom is -0.480 e. The van der Waals surface area contributed by atoms with Crippen molar-refractivity contribution < 1.29 is 19.5 Å². The molecule has 0 bridgehead atoms. The monoisotopic (exact) mass is 561 g/mol. The number of aliphatic carboxylic acids is 1. The average molecular weight is 563 g/mol. The second-order valence-electron chi connectivity index (χ2n) is 9.41. The van der Waals surface area contributed by atoms with Crippen LogP contribution in [0.1, 0.15) is 67.3 Å². The number of benzene rings is 1. The van der Waals surface area contributed by atoms with Crippen molar-refractivity contribution >= 4 is 58.3 Å². The highest BCUT2D eigenvalue weighted by molar-refractivity contribution is 8.03. The number of pyridine rings is 1. The third-order valence-electron chi connectivity index (χ3n) is 7.34. The van der Waals surface area contributed by atoms with Crippen LogP contribution >= 0.6 is 35.0 Å². The van der Waals surface area contributed by atoms with Gasteiger partial charge in [0, 0.05) is 29.7 Å². The number of hydrogen-bond donors (Lipinski definition) is 3. The summed E-state index contributed by atoms with van der Waals surface area (Å²) >= 11 is 13.6. The molecular formula is C27H29Cl2N3O4S. The van der Waals surface area contributed by atoms with Crippen molar-refractivity contribution in [3.05, 3.63) is 68.4 Å². The van der Waals surface area contributed by atoms with E-state index < -0.39 is 23.3 Å². The summed E-state index contributed by atoms with van der Waals surface area (Å²) in [5.74, 6) is -1.64. The van der Waals surface area contributed by atoms with E-state index in [9.17, 15) is 19.5 Å². The first-order valence-electron chi connectivity index (χ1n) is 12.3. The molecule has 1 spiro atoms. The lowest BCUT2D eigenvalue weighted by molar-refractivity contribution is -0.140. The van der Waals surface area contributed by atoms with Crippen LogP contribution in [-0.2, 0) is 9.59 Å². The van der Waals surface area contributed by atoms with E-state index >= 15 is 0 Å². The Balaban J connectivity index is 1.55. The molecule has 1 aromatic carbocycles. The highest BCUT2D eigenvalue weighted by Gasteiger charge is 2.54. The summed E-state index contributed by atoms with van der Waals surface area (Å²) in [6.45, 7) is 1.94. The smallest absolute Gasteiger partial charge is 0.326 e. The van der Waals surface area contributed by atoms with Crippen LogP contribution in [0.25, 0.3) is 0 Å². The number of rotatable bonds is 9. The molecule has 3 N–H and O–H groups in total. The Morgan fingerprint density at radius 2 is 1.73 bits per heavy atom. The van der Waals surface area contributed by atoms with Crippen LogP contribution in [0.15, 0.2) is 47.3 Å². The normalized spacial score (nSPS) is 18.2. The molecule has 4 rings (SSSR count). The van der Waals surface area contributed by atoms with Crippen LogP contribution in [-0.4, -0.2) is 40.0 Å². The zero-order valence-electron chi connectivity index (χ0n) is 20.6. The number of carbonyl (C=O) groups excluding carboxylic acids is 2. The van der Waals surface area contributed by atoms with Gasteiger partial charge in [-0.3, -0.25) is 14.6 Å². The molecule has 1 unspecified atom stereocenters. The zero-order valence-corrected chi connectivity index (χ0v) is 23.0. The van der Waals surface area contributed by atoms with Gasteiger partial charge in [0.05, 0.1) is 25.9 Å². The molecule has 0 radical (unpaired) electrons. The number of aromatic nitrogens is 1. The topological polar surface area (TPSA) is 108 Å². The average Bonchev–Trinajstić information content (AvgIpc) is 2.89. The number of allylic oxidation sites excluding steroid dienone is 2. The molecule has 2 atom stereocenters. The van der Waals surface area contributed by atoms with E-state index in [2.05, 4.69) is 15.6 Å². The minimum atomic E-state index is -0.968. The van der Waals surface area contributed by atoms with Crippen LogP contribution in [0.2, 0.25) is 10.0 Å². The number of amides is 1. The zero-order chi connectivity index (χ0) is 26.7. The number of anilines is 1. The van der Waals surface area contributed by atoms with Crippen molar-refractivity contribution in [3.63, 3.8) is 0 Å². The van der Waals surface area contributed by atoms with Crippen molar-refractivity contribution in [1.82, 2.24) is 10.3 Å². The lowest BCUT2D eigenvalue weighted by Crippen LogP contribution is -2.54. The molecule has 196 valence electrons. The number of nitrogens with one attached hydrogen (secondary N) is 2. The minimum absolute atomic E-state index is 0.133. The van der Waals surface area contributed by atoms with E-state index in [0.717, 1.165) is 43.4 Å². The summed E-state index contributed by atoms with van der Waals surface area (Å²) < 4.78 is 0. The molecular weight excluding hydrogens is 533 g/mol. The molecule has 37 heavy (non-hydrogen) atoms. The van der Waals surface area contributed by atoms with Crippen molar-refractivity contribution in [2.24, 2.45) is 5.41 Å². The van der Waals surface area contributed by atoms with E-state index in [0.29, 0.717) is 17.0 Å². The third kappa shape index (κ3) is 5.24. The number of carboxylic acids is 1. The summed E-state index contributed by atoms with van der Waals surface area (Å²) in [7, 11) is 0. The fourth-order valence-corrected chi connectivity index (χ4v) is 6.79. The molecule has 7 nitrogen and oxygen atoms in total. The quantitative estimate of drug-likeness (QED) is 0.330. The molecule has 1 amide bonds. The molecule has 1 fully saturated rings. The van der Waals surface area contributed by atoms with Crippen LogP contribution in [0, 0.1) is 5.41 Å².